The molecule has 14 heteroatoms. The number of amides is 1. The number of benzene rings is 2. The molecule has 0 unspecified atom stereocenters. The maximum Gasteiger partial charge on any atom is 0.293 e. The van der Waals surface area contributed by atoms with Crippen molar-refractivity contribution in [2.45, 2.75) is 19.3 Å². The number of nitrogens with one attached hydrogen (secondary N) is 1. The highest BCUT2D eigenvalue weighted by Crippen LogP contribution is 2.34. The molecule has 0 saturated carbocycles. The van der Waals surface area contributed by atoms with Crippen LogP contribution in [0.5, 0.6) is 0 Å². The Hall–Kier alpha value is -3.19. The number of rotatable bonds is 4. The Bertz CT molecular complexity index is 1220. The molecule has 198 valence electrons. The Morgan fingerprint density at radius 3 is 2.08 bits per heavy atom. The molecule has 0 aliphatic carbocycles. The van der Waals surface area contributed by atoms with Gasteiger partial charge in [0.15, 0.2) is 28.4 Å². The molecule has 0 bridgehead atoms. The minimum absolute atomic E-state index is 0.00169. The molecule has 2 saturated heterocycles. The first kappa shape index (κ1) is 26.9. The van der Waals surface area contributed by atoms with E-state index in [4.69, 9.17) is 23.8 Å². The van der Waals surface area contributed by atoms with Gasteiger partial charge in [-0.25, -0.2) is 17.6 Å². The summed E-state index contributed by atoms with van der Waals surface area (Å²) in [6.45, 7) is 1.45. The van der Waals surface area contributed by atoms with Gasteiger partial charge in [0.05, 0.1) is 4.92 Å². The molecule has 8 nitrogen and oxygen atoms in total. The maximum atomic E-state index is 14.3. The van der Waals surface area contributed by atoms with Crippen LogP contribution in [-0.2, 0) is 0 Å². The van der Waals surface area contributed by atoms with Gasteiger partial charge in [-0.3, -0.25) is 20.2 Å². The van der Waals surface area contributed by atoms with Gasteiger partial charge in [-0.05, 0) is 43.6 Å². The average Bonchev–Trinajstić information content (AvgIpc) is 2.91. The smallest absolute Gasteiger partial charge is 0.293 e. The fraction of sp³-hybridized carbons (Fsp3) is 0.391. The summed E-state index contributed by atoms with van der Waals surface area (Å²) in [7, 11) is 0. The van der Waals surface area contributed by atoms with Crippen molar-refractivity contribution in [1.29, 1.82) is 0 Å². The van der Waals surface area contributed by atoms with Gasteiger partial charge >= 0.3 is 0 Å². The Morgan fingerprint density at radius 2 is 1.51 bits per heavy atom. The third-order valence-corrected chi connectivity index (χ3v) is 7.11. The highest BCUT2D eigenvalue weighted by molar-refractivity contribution is 7.80. The molecule has 2 heterocycles. The van der Waals surface area contributed by atoms with Crippen molar-refractivity contribution in [2.24, 2.45) is 0 Å². The maximum absolute atomic E-state index is 14.3. The zero-order valence-electron chi connectivity index (χ0n) is 19.4. The lowest BCUT2D eigenvalue weighted by Crippen LogP contribution is -2.53. The lowest BCUT2D eigenvalue weighted by Gasteiger charge is -2.37. The van der Waals surface area contributed by atoms with Gasteiger partial charge in [0.1, 0.15) is 16.4 Å². The van der Waals surface area contributed by atoms with Gasteiger partial charge in [0, 0.05) is 50.9 Å². The van der Waals surface area contributed by atoms with E-state index in [0.717, 1.165) is 24.2 Å². The zero-order chi connectivity index (χ0) is 26.9. The van der Waals surface area contributed by atoms with Crippen molar-refractivity contribution in [1.82, 2.24) is 10.2 Å². The predicted octanol–water partition coefficient (Wildman–Crippen LogP) is 4.63. The summed E-state index contributed by atoms with van der Waals surface area (Å²) in [5, 5.41) is 12.9. The number of nitro benzene ring substituents is 1. The van der Waals surface area contributed by atoms with E-state index in [1.807, 2.05) is 4.90 Å². The van der Waals surface area contributed by atoms with E-state index in [0.29, 0.717) is 18.8 Å². The molecule has 0 atom stereocenters. The van der Waals surface area contributed by atoms with E-state index < -0.39 is 44.8 Å². The van der Waals surface area contributed by atoms with Crippen LogP contribution in [0.2, 0.25) is 5.02 Å². The monoisotopic (exact) mass is 559 g/mol. The van der Waals surface area contributed by atoms with E-state index in [1.165, 1.54) is 12.1 Å². The number of nitrogens with zero attached hydrogens (tertiary/aromatic N) is 4. The number of nitro groups is 1. The fourth-order valence-electron chi connectivity index (χ4n) is 4.47. The van der Waals surface area contributed by atoms with Crippen molar-refractivity contribution in [2.75, 3.05) is 49.1 Å². The molecule has 1 amide bonds. The van der Waals surface area contributed by atoms with Gasteiger partial charge in [-0.1, -0.05) is 11.6 Å². The SMILES string of the molecule is O=C(NC(=S)N1CCN(c2c(F)c(F)c(Cl)c(F)c2F)CC1)c1ccc(N2CCCCC2)c([N+](=O)[O-])c1. The van der Waals surface area contributed by atoms with Crippen LogP contribution in [0.25, 0.3) is 0 Å². The molecule has 0 radical (unpaired) electrons. The highest BCUT2D eigenvalue weighted by atomic mass is 35.5. The van der Waals surface area contributed by atoms with Crippen LogP contribution >= 0.6 is 23.8 Å². The van der Waals surface area contributed by atoms with Crippen molar-refractivity contribution < 1.29 is 27.3 Å². The summed E-state index contributed by atoms with van der Waals surface area (Å²) < 4.78 is 56.3. The molecule has 2 aliphatic heterocycles. The third-order valence-electron chi connectivity index (χ3n) is 6.42. The molecule has 4 rings (SSSR count). The van der Waals surface area contributed by atoms with Gasteiger partial charge in [0.25, 0.3) is 11.6 Å². The Labute approximate surface area is 219 Å². The number of piperidine rings is 1. The number of piperazine rings is 1. The number of halogens is 5. The van der Waals surface area contributed by atoms with Crippen LogP contribution in [-0.4, -0.2) is 60.1 Å². The second-order valence-corrected chi connectivity index (χ2v) is 9.42. The van der Waals surface area contributed by atoms with Crippen molar-refractivity contribution in [3.05, 3.63) is 62.2 Å². The first-order valence-electron chi connectivity index (χ1n) is 11.5. The van der Waals surface area contributed by atoms with Crippen LogP contribution in [0.4, 0.5) is 34.6 Å². The second-order valence-electron chi connectivity index (χ2n) is 8.66. The molecule has 0 aromatic heterocycles. The van der Waals surface area contributed by atoms with Crippen molar-refractivity contribution >= 4 is 51.9 Å². The van der Waals surface area contributed by atoms with E-state index in [2.05, 4.69) is 5.32 Å². The van der Waals surface area contributed by atoms with Gasteiger partial charge in [-0.2, -0.15) is 0 Å². The quantitative estimate of drug-likeness (QED) is 0.146. The van der Waals surface area contributed by atoms with Crippen LogP contribution in [0.3, 0.4) is 0 Å². The predicted molar refractivity (Wildman–Crippen MR) is 134 cm³/mol. The summed E-state index contributed by atoms with van der Waals surface area (Å²) in [5.41, 5.74) is -0.546. The number of hydrogen-bond donors (Lipinski definition) is 1. The molecule has 37 heavy (non-hydrogen) atoms. The number of anilines is 2. The minimum Gasteiger partial charge on any atom is -0.366 e. The molecule has 2 fully saturated rings. The molecule has 2 aliphatic rings. The lowest BCUT2D eigenvalue weighted by molar-refractivity contribution is -0.384. The summed E-state index contributed by atoms with van der Waals surface area (Å²) in [6.07, 6.45) is 2.93. The fourth-order valence-corrected chi connectivity index (χ4v) is 4.91. The summed E-state index contributed by atoms with van der Waals surface area (Å²) in [5.74, 6) is -7.20. The summed E-state index contributed by atoms with van der Waals surface area (Å²) >= 11 is 10.6. The average molecular weight is 560 g/mol. The molecule has 1 N–H and O–H groups in total. The zero-order valence-corrected chi connectivity index (χ0v) is 21.0. The third kappa shape index (κ3) is 5.42. The van der Waals surface area contributed by atoms with E-state index in [9.17, 15) is 32.5 Å². The normalized spacial score (nSPS) is 16.1. The number of carbonyl (C=O) groups is 1. The molecular formula is C23H22ClF4N5O3S. The summed E-state index contributed by atoms with van der Waals surface area (Å²) in [4.78, 5) is 28.5. The van der Waals surface area contributed by atoms with Crippen LogP contribution in [0.15, 0.2) is 18.2 Å². The Balaban J connectivity index is 1.42. The summed E-state index contributed by atoms with van der Waals surface area (Å²) in [6, 6.07) is 4.24. The lowest BCUT2D eigenvalue weighted by atomic mass is 10.1. The Kier molecular flexibility index (Phi) is 8.02. The topological polar surface area (TPSA) is 82.0 Å². The van der Waals surface area contributed by atoms with Crippen molar-refractivity contribution in [3.63, 3.8) is 0 Å². The number of carbonyl (C=O) groups excluding carboxylic acids is 1. The first-order valence-corrected chi connectivity index (χ1v) is 12.3. The van der Waals surface area contributed by atoms with Crippen LogP contribution < -0.4 is 15.1 Å². The van der Waals surface area contributed by atoms with Crippen LogP contribution in [0.1, 0.15) is 29.6 Å². The van der Waals surface area contributed by atoms with E-state index >= 15 is 0 Å². The largest absolute Gasteiger partial charge is 0.366 e. The van der Waals surface area contributed by atoms with Crippen molar-refractivity contribution in [3.8, 4) is 0 Å². The minimum atomic E-state index is -1.68. The standard InChI is InChI=1S/C23H22ClF4N5O3S/c24-16-17(25)19(27)21(20(28)18(16)26)31-8-10-32(11-9-31)23(37)29-22(34)13-4-5-14(15(12-13)33(35)36)30-6-2-1-3-7-30/h4-5,12H,1-3,6-11H2,(H,29,34,37). The van der Waals surface area contributed by atoms with Gasteiger partial charge in [0.2, 0.25) is 0 Å². The van der Waals surface area contributed by atoms with Gasteiger partial charge in [-0.15, -0.1) is 0 Å². The van der Waals surface area contributed by atoms with E-state index in [1.54, 1.807) is 11.0 Å². The molecule has 2 aromatic carbocycles. The van der Waals surface area contributed by atoms with Gasteiger partial charge < -0.3 is 14.7 Å². The first-order chi connectivity index (χ1) is 17.6. The Morgan fingerprint density at radius 1 is 0.919 bits per heavy atom. The highest BCUT2D eigenvalue weighted by Gasteiger charge is 2.31. The number of hydrogen-bond acceptors (Lipinski definition) is 6. The molecular weight excluding hydrogens is 538 g/mol. The second kappa shape index (κ2) is 11.1. The van der Waals surface area contributed by atoms with E-state index in [-0.39, 0.29) is 42.5 Å². The molecule has 0 spiro atoms. The van der Waals surface area contributed by atoms with Crippen LogP contribution in [0, 0.1) is 33.4 Å². The number of thiocarbonyl (C=S) groups is 1. The molecule has 2 aromatic rings.